The van der Waals surface area contributed by atoms with Crippen LogP contribution in [0, 0.1) is 0 Å². The van der Waals surface area contributed by atoms with Crippen LogP contribution in [-0.2, 0) is 6.18 Å². The number of aromatic amines is 1. The molecule has 4 nitrogen and oxygen atoms in total. The number of benzene rings is 1. The molecule has 0 radical (unpaired) electrons. The van der Waals surface area contributed by atoms with E-state index in [1.54, 1.807) is 0 Å². The van der Waals surface area contributed by atoms with Crippen LogP contribution in [-0.4, -0.2) is 24.2 Å². The van der Waals surface area contributed by atoms with Gasteiger partial charge < -0.3 is 14.6 Å². The van der Waals surface area contributed by atoms with Gasteiger partial charge in [0.1, 0.15) is 12.4 Å². The van der Waals surface area contributed by atoms with Crippen LogP contribution >= 0.6 is 0 Å². The van der Waals surface area contributed by atoms with Gasteiger partial charge in [-0.25, -0.2) is 0 Å². The molecule has 0 saturated heterocycles. The van der Waals surface area contributed by atoms with Crippen molar-refractivity contribution in [3.8, 4) is 5.75 Å². The molecule has 3 rings (SSSR count). The molecule has 1 aromatic carbocycles. The number of likely N-dealkylation sites (N-methyl/N-ethyl adjacent to an activating group) is 1. The normalized spacial score (nSPS) is 18.0. The van der Waals surface area contributed by atoms with Crippen molar-refractivity contribution >= 4 is 16.6 Å². The Morgan fingerprint density at radius 1 is 1.30 bits per heavy atom. The van der Waals surface area contributed by atoms with Gasteiger partial charge >= 0.3 is 6.18 Å². The number of nitrogens with one attached hydrogen (secondary N) is 1. The molecule has 1 atom stereocenters. The van der Waals surface area contributed by atoms with Crippen LogP contribution in [0.3, 0.4) is 0 Å². The number of aromatic nitrogens is 1. The molecule has 0 aliphatic carbocycles. The van der Waals surface area contributed by atoms with Crippen LogP contribution in [0.1, 0.15) is 25.8 Å². The van der Waals surface area contributed by atoms with E-state index in [0.717, 1.165) is 6.42 Å². The molecule has 0 bridgehead atoms. The third-order valence-electron chi connectivity index (χ3n) is 4.22. The van der Waals surface area contributed by atoms with Crippen molar-refractivity contribution in [3.05, 3.63) is 34.1 Å². The summed E-state index contributed by atoms with van der Waals surface area (Å²) in [6, 6.07) is 3.68. The highest BCUT2D eigenvalue weighted by Crippen LogP contribution is 2.41. The van der Waals surface area contributed by atoms with Crippen LogP contribution in [0.5, 0.6) is 5.75 Å². The van der Waals surface area contributed by atoms with Gasteiger partial charge in [0, 0.05) is 24.1 Å². The first-order valence-electron chi connectivity index (χ1n) is 7.52. The van der Waals surface area contributed by atoms with Gasteiger partial charge in [-0.2, -0.15) is 13.2 Å². The number of rotatable bonds is 2. The Morgan fingerprint density at radius 3 is 2.65 bits per heavy atom. The molecule has 1 N–H and O–H groups in total. The average Bonchev–Trinajstić information content (AvgIpc) is 2.50. The van der Waals surface area contributed by atoms with E-state index in [2.05, 4.69) is 4.98 Å². The number of alkyl halides is 3. The Hall–Kier alpha value is -2.18. The molecule has 1 unspecified atom stereocenters. The topological polar surface area (TPSA) is 45.3 Å². The number of H-pyrrole nitrogens is 1. The number of nitrogens with zero attached hydrogens (tertiary/aromatic N) is 1. The molecule has 1 aliphatic heterocycles. The number of pyridine rings is 1. The first-order valence-corrected chi connectivity index (χ1v) is 7.52. The minimum Gasteiger partial charge on any atom is -0.489 e. The number of anilines is 1. The summed E-state index contributed by atoms with van der Waals surface area (Å²) in [4.78, 5) is 16.0. The Morgan fingerprint density at radius 2 is 2.04 bits per heavy atom. The van der Waals surface area contributed by atoms with Gasteiger partial charge in [0.2, 0.25) is 5.56 Å². The van der Waals surface area contributed by atoms with Crippen LogP contribution in [0.4, 0.5) is 18.9 Å². The van der Waals surface area contributed by atoms with E-state index in [-0.39, 0.29) is 16.9 Å². The molecule has 0 spiro atoms. The highest BCUT2D eigenvalue weighted by Gasteiger charge is 2.34. The van der Waals surface area contributed by atoms with Crippen molar-refractivity contribution in [2.45, 2.75) is 32.5 Å². The van der Waals surface area contributed by atoms with Crippen LogP contribution < -0.4 is 15.2 Å². The first-order chi connectivity index (χ1) is 10.8. The Kier molecular flexibility index (Phi) is 3.74. The van der Waals surface area contributed by atoms with E-state index in [1.165, 1.54) is 12.1 Å². The second-order valence-electron chi connectivity index (χ2n) is 5.57. The number of ether oxygens (including phenoxy) is 1. The Labute approximate surface area is 130 Å². The van der Waals surface area contributed by atoms with Crippen molar-refractivity contribution in [1.29, 1.82) is 0 Å². The molecule has 124 valence electrons. The van der Waals surface area contributed by atoms with Crippen molar-refractivity contribution < 1.29 is 17.9 Å². The number of hydrogen-bond acceptors (Lipinski definition) is 3. The second-order valence-corrected chi connectivity index (χ2v) is 5.57. The molecule has 1 aromatic heterocycles. The molecule has 23 heavy (non-hydrogen) atoms. The summed E-state index contributed by atoms with van der Waals surface area (Å²) in [6.07, 6.45) is -3.75. The summed E-state index contributed by atoms with van der Waals surface area (Å²) in [5.74, 6) is 0.499. The van der Waals surface area contributed by atoms with Crippen molar-refractivity contribution in [2.75, 3.05) is 18.1 Å². The van der Waals surface area contributed by atoms with E-state index in [9.17, 15) is 18.0 Å². The zero-order chi connectivity index (χ0) is 16.8. The van der Waals surface area contributed by atoms with E-state index < -0.39 is 17.3 Å². The monoisotopic (exact) mass is 326 g/mol. The van der Waals surface area contributed by atoms with Crippen LogP contribution in [0.15, 0.2) is 23.0 Å². The van der Waals surface area contributed by atoms with Crippen LogP contribution in [0.25, 0.3) is 10.9 Å². The molecular formula is C16H17F3N2O2. The van der Waals surface area contributed by atoms with Gasteiger partial charge in [-0.1, -0.05) is 6.92 Å². The zero-order valence-corrected chi connectivity index (χ0v) is 12.8. The molecule has 7 heteroatoms. The van der Waals surface area contributed by atoms with Gasteiger partial charge in [0.15, 0.2) is 0 Å². The standard InChI is InChI=1S/C16H17F3N2O2/c1-3-9-8-23-14-7-12-10(5-13(14)21(9)4-2)11(16(17,18)19)6-15(22)20-12/h5-7,9H,3-4,8H2,1-2H3,(H,20,22). The first kappa shape index (κ1) is 15.7. The fourth-order valence-corrected chi connectivity index (χ4v) is 3.09. The lowest BCUT2D eigenvalue weighted by Gasteiger charge is -2.37. The summed E-state index contributed by atoms with van der Waals surface area (Å²) in [5, 5.41) is -0.0188. The highest BCUT2D eigenvalue weighted by atomic mass is 19.4. The average molecular weight is 326 g/mol. The summed E-state index contributed by atoms with van der Waals surface area (Å²) < 4.78 is 45.5. The lowest BCUT2D eigenvalue weighted by atomic mass is 10.0. The summed E-state index contributed by atoms with van der Waals surface area (Å²) in [7, 11) is 0. The third kappa shape index (κ3) is 2.64. The molecule has 2 heterocycles. The predicted molar refractivity (Wildman–Crippen MR) is 82.2 cm³/mol. The molecular weight excluding hydrogens is 309 g/mol. The summed E-state index contributed by atoms with van der Waals surface area (Å²) in [5.41, 5.74) is -0.932. The Bertz CT molecular complexity index is 798. The second kappa shape index (κ2) is 5.47. The maximum atomic E-state index is 13.3. The SMILES string of the molecule is CCC1COc2cc3[nH]c(=O)cc(C(F)(F)F)c3cc2N1CC. The van der Waals surface area contributed by atoms with Gasteiger partial charge in [-0.15, -0.1) is 0 Å². The fraction of sp³-hybridized carbons (Fsp3) is 0.438. The maximum absolute atomic E-state index is 13.3. The van der Waals surface area contributed by atoms with Gasteiger partial charge in [0.25, 0.3) is 0 Å². The number of fused-ring (bicyclic) bond motifs is 2. The van der Waals surface area contributed by atoms with Gasteiger partial charge in [-0.3, -0.25) is 4.79 Å². The summed E-state index contributed by atoms with van der Waals surface area (Å²) >= 11 is 0. The van der Waals surface area contributed by atoms with E-state index in [4.69, 9.17) is 4.74 Å². The van der Waals surface area contributed by atoms with E-state index >= 15 is 0 Å². The summed E-state index contributed by atoms with van der Waals surface area (Å²) in [6.45, 7) is 5.12. The lowest BCUT2D eigenvalue weighted by molar-refractivity contribution is -0.136. The molecule has 0 fully saturated rings. The Balaban J connectivity index is 2.28. The van der Waals surface area contributed by atoms with Crippen molar-refractivity contribution in [2.24, 2.45) is 0 Å². The minimum absolute atomic E-state index is 0.0188. The zero-order valence-electron chi connectivity index (χ0n) is 12.8. The molecule has 2 aromatic rings. The van der Waals surface area contributed by atoms with Gasteiger partial charge in [0.05, 0.1) is 22.8 Å². The van der Waals surface area contributed by atoms with Crippen molar-refractivity contribution in [1.82, 2.24) is 4.98 Å². The third-order valence-corrected chi connectivity index (χ3v) is 4.22. The van der Waals surface area contributed by atoms with Gasteiger partial charge in [-0.05, 0) is 19.4 Å². The molecule has 1 aliphatic rings. The fourth-order valence-electron chi connectivity index (χ4n) is 3.09. The smallest absolute Gasteiger partial charge is 0.417 e. The van der Waals surface area contributed by atoms with E-state index in [0.29, 0.717) is 30.7 Å². The largest absolute Gasteiger partial charge is 0.489 e. The van der Waals surface area contributed by atoms with E-state index in [1.807, 2.05) is 18.7 Å². The van der Waals surface area contributed by atoms with Crippen molar-refractivity contribution in [3.63, 3.8) is 0 Å². The number of halogens is 3. The minimum atomic E-state index is -4.59. The maximum Gasteiger partial charge on any atom is 0.417 e. The van der Waals surface area contributed by atoms with Crippen LogP contribution in [0.2, 0.25) is 0 Å². The molecule has 0 saturated carbocycles. The predicted octanol–water partition coefficient (Wildman–Crippen LogP) is 3.54. The highest BCUT2D eigenvalue weighted by molar-refractivity contribution is 5.89. The quantitative estimate of drug-likeness (QED) is 0.918. The molecule has 0 amide bonds. The number of hydrogen-bond donors (Lipinski definition) is 1. The lowest BCUT2D eigenvalue weighted by Crippen LogP contribution is -2.42.